The van der Waals surface area contributed by atoms with Crippen LogP contribution in [0, 0.1) is 11.7 Å². The van der Waals surface area contributed by atoms with E-state index in [1.165, 1.54) is 26.4 Å². The molecule has 1 saturated carbocycles. The number of para-hydroxylation sites is 1. The number of carbonyl (C=O) groups is 3. The van der Waals surface area contributed by atoms with Gasteiger partial charge < -0.3 is 24.1 Å². The number of alkyl halides is 2. The molecule has 1 aliphatic heterocycles. The molecular weight excluding hydrogens is 813 g/mol. The van der Waals surface area contributed by atoms with E-state index in [9.17, 15) is 49.5 Å². The molecule has 1 N–H and O–H groups in total. The molecule has 306 valence electrons. The highest BCUT2D eigenvalue weighted by Crippen LogP contribution is 2.35. The Kier molecular flexibility index (Phi) is 14.9. The first kappa shape index (κ1) is 44.4. The van der Waals surface area contributed by atoms with E-state index in [4.69, 9.17) is 30.5 Å². The van der Waals surface area contributed by atoms with Gasteiger partial charge in [-0.2, -0.15) is 18.7 Å². The van der Waals surface area contributed by atoms with Gasteiger partial charge >= 0.3 is 17.8 Å². The van der Waals surface area contributed by atoms with Crippen LogP contribution in [0.3, 0.4) is 0 Å². The molecule has 3 aromatic rings. The van der Waals surface area contributed by atoms with E-state index in [1.807, 2.05) is 0 Å². The number of aromatic nitrogens is 3. The number of hydrogen-bond donors (Lipinski definition) is 1. The average Bonchev–Trinajstić information content (AvgIpc) is 3.67. The molecule has 2 fully saturated rings. The Labute approximate surface area is 325 Å². The molecule has 1 aromatic heterocycles. The summed E-state index contributed by atoms with van der Waals surface area (Å²) in [5.74, 6) is -8.21. The van der Waals surface area contributed by atoms with Crippen molar-refractivity contribution < 1.29 is 68.4 Å². The van der Waals surface area contributed by atoms with Crippen molar-refractivity contribution >= 4 is 54.5 Å². The van der Waals surface area contributed by atoms with Crippen LogP contribution in [0.1, 0.15) is 65.5 Å². The van der Waals surface area contributed by atoms with Crippen LogP contribution in [-0.4, -0.2) is 107 Å². The highest BCUT2D eigenvalue weighted by atomic mass is 35.5. The second kappa shape index (κ2) is 18.8. The molecular formula is C34H38ClF3N4O12S2. The lowest BCUT2D eigenvalue weighted by atomic mass is 9.81. The summed E-state index contributed by atoms with van der Waals surface area (Å²) in [5, 5.41) is 10.5. The minimum Gasteiger partial charge on any atom is -0.467 e. The van der Waals surface area contributed by atoms with Gasteiger partial charge in [-0.1, -0.05) is 23.7 Å². The lowest BCUT2D eigenvalue weighted by Crippen LogP contribution is -2.35. The number of benzene rings is 2. The Bertz CT molecular complexity index is 2140. The first-order valence-corrected chi connectivity index (χ1v) is 20.5. The smallest absolute Gasteiger partial charge is 0.355 e. The predicted octanol–water partition coefficient (Wildman–Crippen LogP) is 3.66. The highest BCUT2D eigenvalue weighted by Gasteiger charge is 2.38. The molecule has 2 aromatic carbocycles. The van der Waals surface area contributed by atoms with Gasteiger partial charge in [0.1, 0.15) is 17.8 Å². The van der Waals surface area contributed by atoms with Gasteiger partial charge in [0, 0.05) is 49.4 Å². The number of ether oxygens (including phenoxy) is 4. The number of hydrogen-bond acceptors (Lipinski definition) is 15. The molecule has 2 heterocycles. The van der Waals surface area contributed by atoms with Crippen LogP contribution in [0.4, 0.5) is 18.9 Å². The van der Waals surface area contributed by atoms with Crippen LogP contribution in [0.5, 0.6) is 12.0 Å². The van der Waals surface area contributed by atoms with Crippen molar-refractivity contribution in [2.45, 2.75) is 61.6 Å². The number of rotatable bonds is 14. The topological polar surface area (TPSA) is 219 Å². The third-order valence-corrected chi connectivity index (χ3v) is 11.7. The summed E-state index contributed by atoms with van der Waals surface area (Å²) in [4.78, 5) is 48.4. The van der Waals surface area contributed by atoms with E-state index in [0.29, 0.717) is 13.0 Å². The Morgan fingerprint density at radius 2 is 1.64 bits per heavy atom. The number of sulfonamides is 1. The van der Waals surface area contributed by atoms with Crippen LogP contribution < -0.4 is 13.8 Å². The number of methoxy groups -OCH3 is 2. The first-order chi connectivity index (χ1) is 26.3. The fourth-order valence-electron chi connectivity index (χ4n) is 5.83. The van der Waals surface area contributed by atoms with E-state index < -0.39 is 66.5 Å². The van der Waals surface area contributed by atoms with E-state index >= 15 is 0 Å². The maximum atomic E-state index is 14.3. The maximum Gasteiger partial charge on any atom is 0.355 e. The lowest BCUT2D eigenvalue weighted by Gasteiger charge is -2.24. The molecule has 56 heavy (non-hydrogen) atoms. The van der Waals surface area contributed by atoms with Crippen LogP contribution in [0.15, 0.2) is 35.2 Å². The molecule has 1 saturated heterocycles. The summed E-state index contributed by atoms with van der Waals surface area (Å²) in [5.41, 5.74) is -1.03. The van der Waals surface area contributed by atoms with E-state index in [1.54, 1.807) is 0 Å². The average molecular weight is 851 g/mol. The number of Topliss-reactive ketones (excluding diaryl/α,β-unsaturated/α-hetero) is 3. The minimum absolute atomic E-state index is 0.0385. The van der Waals surface area contributed by atoms with E-state index in [-0.39, 0.29) is 80.9 Å². The zero-order chi connectivity index (χ0) is 41.5. The number of aliphatic hydroxyl groups excluding tert-OH is 1. The third-order valence-electron chi connectivity index (χ3n) is 8.65. The van der Waals surface area contributed by atoms with Gasteiger partial charge in [0.05, 0.1) is 49.1 Å². The van der Waals surface area contributed by atoms with Crippen molar-refractivity contribution in [2.24, 2.45) is 5.92 Å². The summed E-state index contributed by atoms with van der Waals surface area (Å²) in [7, 11) is -5.59. The summed E-state index contributed by atoms with van der Waals surface area (Å²) >= 11 is 6.41. The maximum absolute atomic E-state index is 14.3. The van der Waals surface area contributed by atoms with Gasteiger partial charge in [0.25, 0.3) is 10.0 Å². The molecule has 1 aliphatic carbocycles. The van der Waals surface area contributed by atoms with Gasteiger partial charge in [-0.05, 0) is 37.5 Å². The SMILES string of the molecule is COc1nc(OC)nc(C(O)c2cccc(F)c2N(C)S(=O)(=O)C(F)F)n1.CS(=O)(=O)c1ccc(C(=O)C2C(=O)CCCC2=O)c(Cl)c1COCC1CCCO1. The second-order valence-electron chi connectivity index (χ2n) is 12.4. The molecule has 0 amide bonds. The Balaban J connectivity index is 0.000000249. The van der Waals surface area contributed by atoms with Crippen molar-refractivity contribution in [1.82, 2.24) is 15.0 Å². The normalized spacial score (nSPS) is 17.0. The Morgan fingerprint density at radius 1 is 1.02 bits per heavy atom. The minimum atomic E-state index is -5.17. The molecule has 22 heteroatoms. The van der Waals surface area contributed by atoms with E-state index in [0.717, 1.165) is 44.3 Å². The number of halogens is 4. The summed E-state index contributed by atoms with van der Waals surface area (Å²) in [6.45, 7) is 0.808. The Morgan fingerprint density at radius 3 is 2.18 bits per heavy atom. The summed E-state index contributed by atoms with van der Waals surface area (Å²) in [6, 6.07) is 5.23. The van der Waals surface area contributed by atoms with Gasteiger partial charge in [0.2, 0.25) is 0 Å². The molecule has 0 radical (unpaired) electrons. The number of anilines is 1. The van der Waals surface area contributed by atoms with E-state index in [2.05, 4.69) is 15.0 Å². The highest BCUT2D eigenvalue weighted by molar-refractivity contribution is 7.93. The molecule has 0 bridgehead atoms. The Hall–Kier alpha value is -4.28. The number of sulfone groups is 1. The molecule has 0 spiro atoms. The largest absolute Gasteiger partial charge is 0.467 e. The van der Waals surface area contributed by atoms with Crippen LogP contribution in [-0.2, 0) is 45.5 Å². The molecule has 2 atom stereocenters. The predicted molar refractivity (Wildman–Crippen MR) is 192 cm³/mol. The van der Waals surface area contributed by atoms with Crippen molar-refractivity contribution in [3.63, 3.8) is 0 Å². The molecule has 5 rings (SSSR count). The quantitative estimate of drug-likeness (QED) is 0.181. The fraction of sp³-hybridized carbons (Fsp3) is 0.471. The van der Waals surface area contributed by atoms with Crippen LogP contribution in [0.25, 0.3) is 0 Å². The summed E-state index contributed by atoms with van der Waals surface area (Å²) in [6.07, 6.45) is 1.75. The van der Waals surface area contributed by atoms with Crippen molar-refractivity contribution in [3.8, 4) is 12.0 Å². The number of carbonyl (C=O) groups excluding carboxylic acids is 3. The first-order valence-electron chi connectivity index (χ1n) is 16.7. The standard InChI is InChI=1S/C20H23ClO7S.C14H15F3N4O5S/c1-29(25,26)17-8-7-13(20(24)18-15(22)5-2-6-16(18)23)19(21)14(17)11-27-10-12-4-3-9-28-12;1-21(27(23,24)12(16)17)9-7(5-4-6-8(9)15)10(22)11-18-13(25-2)20-14(19-11)26-3/h7-8,12,18H,2-6,9-11H2,1H3;4-6,10,12,22H,1-3H3. The van der Waals surface area contributed by atoms with Crippen LogP contribution in [0.2, 0.25) is 5.02 Å². The zero-order valence-corrected chi connectivity index (χ0v) is 32.8. The summed E-state index contributed by atoms with van der Waals surface area (Å²) < 4.78 is 109. The van der Waals surface area contributed by atoms with Crippen molar-refractivity contribution in [3.05, 3.63) is 63.7 Å². The number of nitrogens with zero attached hydrogens (tertiary/aromatic N) is 4. The molecule has 2 aliphatic rings. The molecule has 2 unspecified atom stereocenters. The monoisotopic (exact) mass is 850 g/mol. The van der Waals surface area contributed by atoms with Crippen LogP contribution >= 0.6 is 11.6 Å². The van der Waals surface area contributed by atoms with Crippen molar-refractivity contribution in [1.29, 1.82) is 0 Å². The van der Waals surface area contributed by atoms with Crippen molar-refractivity contribution in [2.75, 3.05) is 45.0 Å². The third kappa shape index (κ3) is 10.2. The van der Waals surface area contributed by atoms with Gasteiger partial charge in [-0.3, -0.25) is 18.7 Å². The van der Waals surface area contributed by atoms with Gasteiger partial charge in [-0.15, -0.1) is 4.98 Å². The zero-order valence-electron chi connectivity index (χ0n) is 30.4. The second-order valence-corrected chi connectivity index (χ2v) is 16.7. The van der Waals surface area contributed by atoms with Gasteiger partial charge in [-0.25, -0.2) is 21.2 Å². The van der Waals surface area contributed by atoms with Gasteiger partial charge in [0.15, 0.2) is 33.0 Å². The number of ketones is 3. The lowest BCUT2D eigenvalue weighted by molar-refractivity contribution is -0.133. The number of aliphatic hydroxyl groups is 1. The molecule has 16 nitrogen and oxygen atoms in total. The fourth-order valence-corrected chi connectivity index (χ4v) is 7.80.